The van der Waals surface area contributed by atoms with E-state index in [9.17, 15) is 0 Å². The van der Waals surface area contributed by atoms with Crippen molar-refractivity contribution < 1.29 is 0 Å². The first-order chi connectivity index (χ1) is 8.65. The topological polar surface area (TPSA) is 12.0 Å². The van der Waals surface area contributed by atoms with Crippen molar-refractivity contribution in [3.05, 3.63) is 28.2 Å². The molecule has 18 heavy (non-hydrogen) atoms. The van der Waals surface area contributed by atoms with Gasteiger partial charge in [0.25, 0.3) is 0 Å². The Balaban J connectivity index is 1.99. The minimum atomic E-state index is 0.636. The molecule has 1 aromatic carbocycles. The van der Waals surface area contributed by atoms with Crippen LogP contribution < -0.4 is 5.32 Å². The molecule has 100 valence electrons. The van der Waals surface area contributed by atoms with E-state index in [4.69, 9.17) is 0 Å². The monoisotopic (exact) mass is 327 g/mol. The van der Waals surface area contributed by atoms with Crippen LogP contribution in [0.5, 0.6) is 0 Å². The molecule has 0 bridgehead atoms. The van der Waals surface area contributed by atoms with E-state index in [1.807, 2.05) is 11.8 Å². The summed E-state index contributed by atoms with van der Waals surface area (Å²) in [5.74, 6) is 0.863. The second-order valence-electron chi connectivity index (χ2n) is 5.33. The summed E-state index contributed by atoms with van der Waals surface area (Å²) in [6.45, 7) is 6.85. The number of benzene rings is 1. The maximum absolute atomic E-state index is 3.71. The van der Waals surface area contributed by atoms with Gasteiger partial charge in [-0.05, 0) is 71.9 Å². The quantitative estimate of drug-likeness (QED) is 0.817. The lowest BCUT2D eigenvalue weighted by Crippen LogP contribution is -2.28. The predicted octanol–water partition coefficient (Wildman–Crippen LogP) is 4.49. The fourth-order valence-corrected chi connectivity index (χ4v) is 3.97. The van der Waals surface area contributed by atoms with Gasteiger partial charge in [-0.3, -0.25) is 0 Å². The van der Waals surface area contributed by atoms with E-state index in [2.05, 4.69) is 53.3 Å². The van der Waals surface area contributed by atoms with Crippen LogP contribution in [-0.2, 0) is 6.42 Å². The van der Waals surface area contributed by atoms with Gasteiger partial charge in [-0.25, -0.2) is 0 Å². The van der Waals surface area contributed by atoms with Crippen LogP contribution in [0, 0.1) is 5.92 Å². The molecule has 0 unspecified atom stereocenters. The predicted molar refractivity (Wildman–Crippen MR) is 84.4 cm³/mol. The molecule has 1 nitrogen and oxygen atoms in total. The number of hydrogen-bond acceptors (Lipinski definition) is 2. The molecule has 1 aromatic rings. The average Bonchev–Trinajstić information content (AvgIpc) is 2.33. The smallest absolute Gasteiger partial charge is 0.0314 e. The molecule has 0 atom stereocenters. The average molecular weight is 328 g/mol. The molecule has 0 aliphatic carbocycles. The van der Waals surface area contributed by atoms with E-state index in [-0.39, 0.29) is 0 Å². The van der Waals surface area contributed by atoms with Gasteiger partial charge in [0.05, 0.1) is 0 Å². The van der Waals surface area contributed by atoms with Crippen molar-refractivity contribution >= 4 is 27.7 Å². The van der Waals surface area contributed by atoms with Crippen LogP contribution in [0.2, 0.25) is 0 Å². The molecule has 0 spiro atoms. The number of hydrogen-bond donors (Lipinski definition) is 1. The summed E-state index contributed by atoms with van der Waals surface area (Å²) in [4.78, 5) is 1.36. The van der Waals surface area contributed by atoms with Crippen LogP contribution in [0.15, 0.2) is 27.6 Å². The van der Waals surface area contributed by atoms with Crippen LogP contribution in [0.25, 0.3) is 0 Å². The Labute approximate surface area is 123 Å². The van der Waals surface area contributed by atoms with Gasteiger partial charge in [-0.1, -0.05) is 19.9 Å². The van der Waals surface area contributed by atoms with Gasteiger partial charge in [-0.2, -0.15) is 0 Å². The zero-order chi connectivity index (χ0) is 13.0. The molecule has 1 N–H and O–H groups in total. The standard InChI is InChI=1S/C15H22BrNS/c1-11(2)18-15-4-3-13(10-14(15)16)9-12-5-7-17-8-6-12/h3-4,10-12,17H,5-9H2,1-2H3. The lowest BCUT2D eigenvalue weighted by atomic mass is 9.91. The second-order valence-corrected chi connectivity index (χ2v) is 7.80. The fourth-order valence-electron chi connectivity index (χ4n) is 2.44. The van der Waals surface area contributed by atoms with Gasteiger partial charge >= 0.3 is 0 Å². The molecular formula is C15H22BrNS. The summed E-state index contributed by atoms with van der Waals surface area (Å²) in [5.41, 5.74) is 1.47. The van der Waals surface area contributed by atoms with Crippen LogP contribution in [0.3, 0.4) is 0 Å². The zero-order valence-corrected chi connectivity index (χ0v) is 13.6. The Morgan fingerprint density at radius 2 is 2.06 bits per heavy atom. The third-order valence-electron chi connectivity index (χ3n) is 3.34. The molecular weight excluding hydrogens is 306 g/mol. The molecule has 0 radical (unpaired) electrons. The first-order valence-corrected chi connectivity index (χ1v) is 8.48. The van der Waals surface area contributed by atoms with Gasteiger partial charge in [0, 0.05) is 14.6 Å². The molecule has 0 amide bonds. The lowest BCUT2D eigenvalue weighted by molar-refractivity contribution is 0.372. The summed E-state index contributed by atoms with van der Waals surface area (Å²) in [6.07, 6.45) is 3.87. The number of nitrogens with one attached hydrogen (secondary N) is 1. The lowest BCUT2D eigenvalue weighted by Gasteiger charge is -2.22. The van der Waals surface area contributed by atoms with Crippen LogP contribution >= 0.6 is 27.7 Å². The third kappa shape index (κ3) is 4.29. The van der Waals surface area contributed by atoms with Gasteiger partial charge in [0.15, 0.2) is 0 Å². The van der Waals surface area contributed by atoms with Gasteiger partial charge in [-0.15, -0.1) is 11.8 Å². The van der Waals surface area contributed by atoms with Crippen molar-refractivity contribution in [1.82, 2.24) is 5.32 Å². The van der Waals surface area contributed by atoms with Crippen molar-refractivity contribution in [2.75, 3.05) is 13.1 Å². The Kier molecular flexibility index (Phi) is 5.58. The van der Waals surface area contributed by atoms with E-state index in [0.29, 0.717) is 5.25 Å². The van der Waals surface area contributed by atoms with Gasteiger partial charge in [0.2, 0.25) is 0 Å². The Bertz CT molecular complexity index is 386. The first-order valence-electron chi connectivity index (χ1n) is 6.81. The minimum absolute atomic E-state index is 0.636. The number of thioether (sulfide) groups is 1. The van der Waals surface area contributed by atoms with Crippen LogP contribution in [-0.4, -0.2) is 18.3 Å². The molecule has 1 saturated heterocycles. The number of piperidine rings is 1. The van der Waals surface area contributed by atoms with E-state index in [0.717, 1.165) is 5.92 Å². The second kappa shape index (κ2) is 6.97. The van der Waals surface area contributed by atoms with E-state index in [1.165, 1.54) is 47.3 Å². The number of halogens is 1. The van der Waals surface area contributed by atoms with E-state index >= 15 is 0 Å². The maximum atomic E-state index is 3.71. The SMILES string of the molecule is CC(C)Sc1ccc(CC2CCNCC2)cc1Br. The molecule has 2 rings (SSSR count). The normalized spacial score (nSPS) is 17.3. The van der Waals surface area contributed by atoms with Crippen molar-refractivity contribution in [3.8, 4) is 0 Å². The number of rotatable bonds is 4. The molecule has 1 heterocycles. The largest absolute Gasteiger partial charge is 0.317 e. The van der Waals surface area contributed by atoms with Gasteiger partial charge < -0.3 is 5.32 Å². The summed E-state index contributed by atoms with van der Waals surface area (Å²) in [5, 5.41) is 4.07. The Hall–Kier alpha value is 0.01000. The summed E-state index contributed by atoms with van der Waals surface area (Å²) >= 11 is 5.63. The minimum Gasteiger partial charge on any atom is -0.317 e. The highest BCUT2D eigenvalue weighted by molar-refractivity contribution is 9.10. The highest BCUT2D eigenvalue weighted by Crippen LogP contribution is 2.32. The zero-order valence-electron chi connectivity index (χ0n) is 11.2. The highest BCUT2D eigenvalue weighted by Gasteiger charge is 2.14. The van der Waals surface area contributed by atoms with Crippen molar-refractivity contribution in [2.45, 2.75) is 43.3 Å². The highest BCUT2D eigenvalue weighted by atomic mass is 79.9. The van der Waals surface area contributed by atoms with Crippen LogP contribution in [0.1, 0.15) is 32.3 Å². The summed E-state index contributed by atoms with van der Waals surface area (Å²) in [6, 6.07) is 6.88. The molecule has 1 aliphatic rings. The molecule has 0 aromatic heterocycles. The van der Waals surface area contributed by atoms with Gasteiger partial charge in [0.1, 0.15) is 0 Å². The summed E-state index contributed by atoms with van der Waals surface area (Å²) < 4.78 is 1.26. The van der Waals surface area contributed by atoms with E-state index < -0.39 is 0 Å². The van der Waals surface area contributed by atoms with Crippen molar-refractivity contribution in [1.29, 1.82) is 0 Å². The first kappa shape index (κ1) is 14.4. The maximum Gasteiger partial charge on any atom is 0.0314 e. The van der Waals surface area contributed by atoms with Crippen molar-refractivity contribution in [2.24, 2.45) is 5.92 Å². The fraction of sp³-hybridized carbons (Fsp3) is 0.600. The third-order valence-corrected chi connectivity index (χ3v) is 5.34. The molecule has 3 heteroatoms. The van der Waals surface area contributed by atoms with Crippen molar-refractivity contribution in [3.63, 3.8) is 0 Å². The molecule has 0 saturated carbocycles. The Morgan fingerprint density at radius 3 is 2.67 bits per heavy atom. The Morgan fingerprint density at radius 1 is 1.33 bits per heavy atom. The molecule has 1 fully saturated rings. The van der Waals surface area contributed by atoms with E-state index in [1.54, 1.807) is 0 Å². The van der Waals surface area contributed by atoms with Crippen LogP contribution in [0.4, 0.5) is 0 Å². The summed E-state index contributed by atoms with van der Waals surface area (Å²) in [7, 11) is 0. The molecule has 1 aliphatic heterocycles.